The molecule has 0 spiro atoms. The number of hydrogen-bond donors (Lipinski definition) is 0. The summed E-state index contributed by atoms with van der Waals surface area (Å²) >= 11 is 0. The second kappa shape index (κ2) is 8.38. The number of hydrogen-bond acceptors (Lipinski definition) is 3. The number of aryl methyl sites for hydroxylation is 1. The summed E-state index contributed by atoms with van der Waals surface area (Å²) in [5, 5.41) is 0. The molecule has 0 amide bonds. The van der Waals surface area contributed by atoms with Crippen molar-refractivity contribution < 1.29 is 0 Å². The molecule has 134 valence electrons. The van der Waals surface area contributed by atoms with Crippen LogP contribution in [0.5, 0.6) is 0 Å². The first-order valence-corrected chi connectivity index (χ1v) is 8.82. The van der Waals surface area contributed by atoms with Crippen LogP contribution >= 0.6 is 0 Å². The van der Waals surface area contributed by atoms with E-state index in [2.05, 4.69) is 51.6 Å². The van der Waals surface area contributed by atoms with Crippen LogP contribution in [0.2, 0.25) is 0 Å². The highest BCUT2D eigenvalue weighted by Gasteiger charge is 2.18. The SMILES string of the molecule is Cc1cccc(N2CCN(CCN=C(N(C)C)N(C)C)CC2)c1C. The van der Waals surface area contributed by atoms with Crippen molar-refractivity contribution in [3.8, 4) is 0 Å². The summed E-state index contributed by atoms with van der Waals surface area (Å²) in [5.41, 5.74) is 4.19. The summed E-state index contributed by atoms with van der Waals surface area (Å²) < 4.78 is 0. The van der Waals surface area contributed by atoms with Crippen LogP contribution in [0.15, 0.2) is 23.2 Å². The Morgan fingerprint density at radius 3 is 2.21 bits per heavy atom. The smallest absolute Gasteiger partial charge is 0.195 e. The van der Waals surface area contributed by atoms with Crippen molar-refractivity contribution in [1.29, 1.82) is 0 Å². The number of aliphatic imine (C=N–C) groups is 1. The molecule has 5 nitrogen and oxygen atoms in total. The minimum atomic E-state index is 0.856. The molecule has 1 aliphatic rings. The van der Waals surface area contributed by atoms with E-state index in [-0.39, 0.29) is 0 Å². The van der Waals surface area contributed by atoms with Crippen LogP contribution in [-0.2, 0) is 0 Å². The summed E-state index contributed by atoms with van der Waals surface area (Å²) in [6.07, 6.45) is 0. The first-order chi connectivity index (χ1) is 11.4. The molecule has 24 heavy (non-hydrogen) atoms. The molecule has 0 aliphatic carbocycles. The molecule has 1 aromatic carbocycles. The van der Waals surface area contributed by atoms with Gasteiger partial charge in [-0.3, -0.25) is 9.89 Å². The number of nitrogens with zero attached hydrogens (tertiary/aromatic N) is 5. The van der Waals surface area contributed by atoms with E-state index in [4.69, 9.17) is 4.99 Å². The number of anilines is 1. The van der Waals surface area contributed by atoms with E-state index in [0.717, 1.165) is 45.2 Å². The zero-order chi connectivity index (χ0) is 17.7. The van der Waals surface area contributed by atoms with Crippen molar-refractivity contribution in [2.45, 2.75) is 13.8 Å². The molecule has 5 heteroatoms. The third-order valence-electron chi connectivity index (χ3n) is 4.76. The van der Waals surface area contributed by atoms with Crippen LogP contribution in [-0.4, -0.2) is 88.1 Å². The molecule has 0 aromatic heterocycles. The Morgan fingerprint density at radius 1 is 1.00 bits per heavy atom. The summed E-state index contributed by atoms with van der Waals surface area (Å²) in [6.45, 7) is 10.7. The van der Waals surface area contributed by atoms with Crippen molar-refractivity contribution in [2.24, 2.45) is 4.99 Å². The van der Waals surface area contributed by atoms with Gasteiger partial charge in [0, 0.05) is 66.6 Å². The molecule has 1 saturated heterocycles. The van der Waals surface area contributed by atoms with Crippen LogP contribution in [0.4, 0.5) is 5.69 Å². The lowest BCUT2D eigenvalue weighted by atomic mass is 10.1. The molecule has 1 aromatic rings. The normalized spacial score (nSPS) is 15.3. The van der Waals surface area contributed by atoms with Gasteiger partial charge in [-0.2, -0.15) is 0 Å². The molecule has 2 rings (SSSR count). The van der Waals surface area contributed by atoms with Crippen LogP contribution in [0, 0.1) is 13.8 Å². The fraction of sp³-hybridized carbons (Fsp3) is 0.632. The first-order valence-electron chi connectivity index (χ1n) is 8.82. The fourth-order valence-corrected chi connectivity index (χ4v) is 3.26. The van der Waals surface area contributed by atoms with Crippen molar-refractivity contribution in [1.82, 2.24) is 14.7 Å². The third kappa shape index (κ3) is 4.63. The van der Waals surface area contributed by atoms with Crippen LogP contribution < -0.4 is 4.90 Å². The van der Waals surface area contributed by atoms with Gasteiger partial charge in [0.1, 0.15) is 0 Å². The molecule has 0 radical (unpaired) electrons. The monoisotopic (exact) mass is 331 g/mol. The Kier molecular flexibility index (Phi) is 6.49. The highest BCUT2D eigenvalue weighted by molar-refractivity contribution is 5.79. The average Bonchev–Trinajstić information content (AvgIpc) is 2.54. The molecule has 0 saturated carbocycles. The van der Waals surface area contributed by atoms with Gasteiger partial charge in [0.05, 0.1) is 6.54 Å². The van der Waals surface area contributed by atoms with E-state index in [0.29, 0.717) is 0 Å². The maximum Gasteiger partial charge on any atom is 0.195 e. The van der Waals surface area contributed by atoms with Crippen LogP contribution in [0.25, 0.3) is 0 Å². The van der Waals surface area contributed by atoms with E-state index in [9.17, 15) is 0 Å². The number of guanidine groups is 1. The molecular formula is C19H33N5. The molecule has 1 aliphatic heterocycles. The molecule has 1 fully saturated rings. The number of piperazine rings is 1. The van der Waals surface area contributed by atoms with Crippen molar-refractivity contribution in [3.63, 3.8) is 0 Å². The van der Waals surface area contributed by atoms with Gasteiger partial charge in [0.2, 0.25) is 0 Å². The summed E-state index contributed by atoms with van der Waals surface area (Å²) in [7, 11) is 8.17. The zero-order valence-electron chi connectivity index (χ0n) is 16.2. The van der Waals surface area contributed by atoms with Gasteiger partial charge in [-0.25, -0.2) is 0 Å². The largest absolute Gasteiger partial charge is 0.369 e. The second-order valence-corrected chi connectivity index (χ2v) is 7.02. The zero-order valence-corrected chi connectivity index (χ0v) is 16.2. The lowest BCUT2D eigenvalue weighted by Gasteiger charge is -2.37. The Balaban J connectivity index is 1.85. The maximum atomic E-state index is 4.73. The molecule has 0 bridgehead atoms. The minimum absolute atomic E-state index is 0.856. The standard InChI is InChI=1S/C19H33N5/c1-16-8-7-9-18(17(16)2)24-14-12-23(13-15-24)11-10-20-19(21(3)4)22(5)6/h7-9H,10-15H2,1-6H3. The Labute approximate surface area is 147 Å². The van der Waals surface area contributed by atoms with Gasteiger partial charge in [0.15, 0.2) is 5.96 Å². The van der Waals surface area contributed by atoms with Gasteiger partial charge in [-0.05, 0) is 31.0 Å². The maximum absolute atomic E-state index is 4.73. The van der Waals surface area contributed by atoms with E-state index < -0.39 is 0 Å². The highest BCUT2D eigenvalue weighted by Crippen LogP contribution is 2.23. The van der Waals surface area contributed by atoms with Crippen molar-refractivity contribution in [2.75, 3.05) is 72.4 Å². The lowest BCUT2D eigenvalue weighted by molar-refractivity contribution is 0.264. The molecule has 0 N–H and O–H groups in total. The predicted molar refractivity (Wildman–Crippen MR) is 104 cm³/mol. The minimum Gasteiger partial charge on any atom is -0.369 e. The number of benzene rings is 1. The van der Waals surface area contributed by atoms with Gasteiger partial charge in [0.25, 0.3) is 0 Å². The molecule has 0 atom stereocenters. The average molecular weight is 332 g/mol. The summed E-state index contributed by atoms with van der Waals surface area (Å²) in [6, 6.07) is 6.62. The lowest BCUT2D eigenvalue weighted by Crippen LogP contribution is -2.47. The number of rotatable bonds is 4. The summed E-state index contributed by atoms with van der Waals surface area (Å²) in [5.74, 6) is 1.03. The van der Waals surface area contributed by atoms with E-state index in [1.165, 1.54) is 16.8 Å². The van der Waals surface area contributed by atoms with Gasteiger partial charge < -0.3 is 14.7 Å². The third-order valence-corrected chi connectivity index (χ3v) is 4.76. The van der Waals surface area contributed by atoms with Crippen molar-refractivity contribution >= 4 is 11.6 Å². The molecule has 0 unspecified atom stereocenters. The topological polar surface area (TPSA) is 25.3 Å². The van der Waals surface area contributed by atoms with Crippen LogP contribution in [0.1, 0.15) is 11.1 Å². The second-order valence-electron chi connectivity index (χ2n) is 7.02. The predicted octanol–water partition coefficient (Wildman–Crippen LogP) is 1.90. The summed E-state index contributed by atoms with van der Waals surface area (Å²) in [4.78, 5) is 13.9. The Hall–Kier alpha value is -1.75. The Morgan fingerprint density at radius 2 is 1.62 bits per heavy atom. The van der Waals surface area contributed by atoms with Gasteiger partial charge >= 0.3 is 0 Å². The molecular weight excluding hydrogens is 298 g/mol. The quantitative estimate of drug-likeness (QED) is 0.622. The van der Waals surface area contributed by atoms with Gasteiger partial charge in [-0.1, -0.05) is 12.1 Å². The van der Waals surface area contributed by atoms with E-state index >= 15 is 0 Å². The van der Waals surface area contributed by atoms with Crippen LogP contribution in [0.3, 0.4) is 0 Å². The molecule has 1 heterocycles. The van der Waals surface area contributed by atoms with E-state index in [1.807, 2.05) is 28.2 Å². The van der Waals surface area contributed by atoms with Gasteiger partial charge in [-0.15, -0.1) is 0 Å². The fourth-order valence-electron chi connectivity index (χ4n) is 3.26. The van der Waals surface area contributed by atoms with E-state index in [1.54, 1.807) is 0 Å². The first kappa shape index (κ1) is 18.6. The van der Waals surface area contributed by atoms with Crippen molar-refractivity contribution in [3.05, 3.63) is 29.3 Å². The Bertz CT molecular complexity index is 547. The highest BCUT2D eigenvalue weighted by atomic mass is 15.3.